The van der Waals surface area contributed by atoms with Gasteiger partial charge in [-0.25, -0.2) is 0 Å². The first kappa shape index (κ1) is 13.4. The molecule has 1 heterocycles. The first-order valence-electron chi connectivity index (χ1n) is 5.12. The van der Waals surface area contributed by atoms with E-state index in [1.165, 1.54) is 19.1 Å². The third-order valence-corrected chi connectivity index (χ3v) is 2.47. The maximum absolute atomic E-state index is 11.4. The van der Waals surface area contributed by atoms with Crippen molar-refractivity contribution in [1.82, 2.24) is 4.90 Å². The second-order valence-electron chi connectivity index (χ2n) is 3.53. The van der Waals surface area contributed by atoms with Crippen LogP contribution in [-0.2, 0) is 28.6 Å². The zero-order valence-corrected chi connectivity index (χ0v) is 9.80. The zero-order chi connectivity index (χ0) is 12.8. The monoisotopic (exact) mass is 245 g/mol. The number of carbonyl (C=O) groups excluding carboxylic acids is 3. The Balaban J connectivity index is 2.67. The van der Waals surface area contributed by atoms with Gasteiger partial charge in [0.2, 0.25) is 0 Å². The van der Waals surface area contributed by atoms with Gasteiger partial charge in [-0.05, 0) is 0 Å². The summed E-state index contributed by atoms with van der Waals surface area (Å²) in [5.41, 5.74) is 0. The van der Waals surface area contributed by atoms with Gasteiger partial charge in [0.15, 0.2) is 0 Å². The lowest BCUT2D eigenvalue weighted by Gasteiger charge is -2.23. The molecular formula is C10H15NO6. The molecule has 0 aromatic carbocycles. The smallest absolute Gasteiger partial charge is 0.323 e. The number of hydrogen-bond acceptors (Lipinski definition) is 7. The Bertz CT molecular complexity index is 298. The maximum Gasteiger partial charge on any atom is 0.323 e. The van der Waals surface area contributed by atoms with Crippen LogP contribution >= 0.6 is 0 Å². The van der Waals surface area contributed by atoms with Gasteiger partial charge in [0.1, 0.15) is 6.04 Å². The third kappa shape index (κ3) is 3.70. The van der Waals surface area contributed by atoms with Gasteiger partial charge >= 0.3 is 17.9 Å². The van der Waals surface area contributed by atoms with E-state index in [-0.39, 0.29) is 13.1 Å². The number of methoxy groups -OCH3 is 2. The Morgan fingerprint density at radius 1 is 1.29 bits per heavy atom. The highest BCUT2D eigenvalue weighted by Gasteiger charge is 2.34. The van der Waals surface area contributed by atoms with Crippen LogP contribution in [0.15, 0.2) is 0 Å². The Labute approximate surface area is 98.6 Å². The van der Waals surface area contributed by atoms with Crippen molar-refractivity contribution in [3.05, 3.63) is 0 Å². The van der Waals surface area contributed by atoms with Crippen molar-refractivity contribution >= 4 is 17.9 Å². The van der Waals surface area contributed by atoms with Crippen LogP contribution in [0, 0.1) is 0 Å². The van der Waals surface area contributed by atoms with E-state index in [1.807, 2.05) is 0 Å². The molecule has 0 aromatic rings. The molecule has 7 heteroatoms. The molecule has 0 bridgehead atoms. The Kier molecular flexibility index (Phi) is 4.89. The molecule has 1 aliphatic rings. The fourth-order valence-electron chi connectivity index (χ4n) is 1.55. The van der Waals surface area contributed by atoms with Crippen LogP contribution in [0.25, 0.3) is 0 Å². The number of esters is 3. The van der Waals surface area contributed by atoms with Crippen molar-refractivity contribution < 1.29 is 28.6 Å². The molecule has 17 heavy (non-hydrogen) atoms. The van der Waals surface area contributed by atoms with Gasteiger partial charge in [0, 0.05) is 6.42 Å². The lowest BCUT2D eigenvalue weighted by molar-refractivity contribution is -0.149. The standard InChI is InChI=1S/C10H15NO6/c1-15-8(12)5-11(6-9(13)16-2)7-3-4-17-10(7)14/h7H,3-6H2,1-2H3. The number of cyclic esters (lactones) is 1. The molecule has 96 valence electrons. The van der Waals surface area contributed by atoms with Crippen LogP contribution in [-0.4, -0.2) is 62.8 Å². The number of nitrogens with zero attached hydrogens (tertiary/aromatic N) is 1. The second-order valence-corrected chi connectivity index (χ2v) is 3.53. The van der Waals surface area contributed by atoms with Crippen molar-refractivity contribution in [2.45, 2.75) is 12.5 Å². The summed E-state index contributed by atoms with van der Waals surface area (Å²) in [5.74, 6) is -1.47. The van der Waals surface area contributed by atoms with Crippen LogP contribution in [0.1, 0.15) is 6.42 Å². The van der Waals surface area contributed by atoms with Crippen molar-refractivity contribution in [3.8, 4) is 0 Å². The van der Waals surface area contributed by atoms with E-state index < -0.39 is 23.9 Å². The normalized spacial score (nSPS) is 19.0. The highest BCUT2D eigenvalue weighted by Crippen LogP contribution is 2.14. The lowest BCUT2D eigenvalue weighted by Crippen LogP contribution is -2.45. The molecule has 0 saturated carbocycles. The van der Waals surface area contributed by atoms with Gasteiger partial charge in [0.05, 0.1) is 33.9 Å². The predicted molar refractivity (Wildman–Crippen MR) is 55.0 cm³/mol. The zero-order valence-electron chi connectivity index (χ0n) is 9.80. The van der Waals surface area contributed by atoms with E-state index in [4.69, 9.17) is 4.74 Å². The Morgan fingerprint density at radius 3 is 2.18 bits per heavy atom. The summed E-state index contributed by atoms with van der Waals surface area (Å²) in [6, 6.07) is -0.590. The summed E-state index contributed by atoms with van der Waals surface area (Å²) < 4.78 is 13.8. The largest absolute Gasteiger partial charge is 0.468 e. The summed E-state index contributed by atoms with van der Waals surface area (Å²) in [6.07, 6.45) is 0.451. The first-order chi connectivity index (χ1) is 8.08. The highest BCUT2D eigenvalue weighted by molar-refractivity contribution is 5.81. The van der Waals surface area contributed by atoms with Crippen molar-refractivity contribution in [2.24, 2.45) is 0 Å². The summed E-state index contributed by atoms with van der Waals surface area (Å²) in [6.45, 7) is -0.000914. The van der Waals surface area contributed by atoms with Gasteiger partial charge < -0.3 is 14.2 Å². The molecule has 1 rings (SSSR count). The Morgan fingerprint density at radius 2 is 1.82 bits per heavy atom. The molecule has 0 radical (unpaired) electrons. The molecular weight excluding hydrogens is 230 g/mol. The SMILES string of the molecule is COC(=O)CN(CC(=O)OC)C1CCOC1=O. The van der Waals surface area contributed by atoms with Gasteiger partial charge in [-0.1, -0.05) is 0 Å². The quantitative estimate of drug-likeness (QED) is 0.451. The van der Waals surface area contributed by atoms with Crippen LogP contribution in [0.5, 0.6) is 0 Å². The molecule has 0 spiro atoms. The minimum Gasteiger partial charge on any atom is -0.468 e. The molecule has 1 aliphatic heterocycles. The summed E-state index contributed by atoms with van der Waals surface area (Å²) in [4.78, 5) is 35.2. The van der Waals surface area contributed by atoms with Crippen LogP contribution in [0.4, 0.5) is 0 Å². The first-order valence-corrected chi connectivity index (χ1v) is 5.12. The van der Waals surface area contributed by atoms with E-state index >= 15 is 0 Å². The average Bonchev–Trinajstić information content (AvgIpc) is 2.74. The van der Waals surface area contributed by atoms with E-state index in [0.29, 0.717) is 13.0 Å². The molecule has 7 nitrogen and oxygen atoms in total. The second kappa shape index (κ2) is 6.19. The minimum absolute atomic E-state index is 0.147. The van der Waals surface area contributed by atoms with E-state index in [1.54, 1.807) is 0 Å². The topological polar surface area (TPSA) is 82.1 Å². The molecule has 0 amide bonds. The van der Waals surface area contributed by atoms with Gasteiger partial charge in [-0.2, -0.15) is 0 Å². The third-order valence-electron chi connectivity index (χ3n) is 2.47. The Hall–Kier alpha value is -1.63. The molecule has 1 unspecified atom stereocenters. The molecule has 0 aliphatic carbocycles. The van der Waals surface area contributed by atoms with Crippen LogP contribution in [0.3, 0.4) is 0 Å². The van der Waals surface area contributed by atoms with E-state index in [0.717, 1.165) is 0 Å². The molecule has 1 fully saturated rings. The summed E-state index contributed by atoms with van der Waals surface area (Å²) >= 11 is 0. The summed E-state index contributed by atoms with van der Waals surface area (Å²) in [5, 5.41) is 0. The molecule has 0 aromatic heterocycles. The van der Waals surface area contributed by atoms with Gasteiger partial charge in [-0.15, -0.1) is 0 Å². The lowest BCUT2D eigenvalue weighted by atomic mass is 10.2. The van der Waals surface area contributed by atoms with Crippen LogP contribution < -0.4 is 0 Å². The van der Waals surface area contributed by atoms with Gasteiger partial charge in [-0.3, -0.25) is 19.3 Å². The fourth-order valence-corrected chi connectivity index (χ4v) is 1.55. The summed E-state index contributed by atoms with van der Waals surface area (Å²) in [7, 11) is 2.48. The van der Waals surface area contributed by atoms with E-state index in [2.05, 4.69) is 9.47 Å². The van der Waals surface area contributed by atoms with Crippen molar-refractivity contribution in [3.63, 3.8) is 0 Å². The maximum atomic E-state index is 11.4. The molecule has 1 atom stereocenters. The minimum atomic E-state index is -0.590. The number of carbonyl (C=O) groups is 3. The molecule has 0 N–H and O–H groups in total. The van der Waals surface area contributed by atoms with Crippen molar-refractivity contribution in [2.75, 3.05) is 33.9 Å². The average molecular weight is 245 g/mol. The fraction of sp³-hybridized carbons (Fsp3) is 0.700. The predicted octanol–water partition coefficient (Wildman–Crippen LogP) is -1.05. The van der Waals surface area contributed by atoms with Crippen LogP contribution in [0.2, 0.25) is 0 Å². The number of ether oxygens (including phenoxy) is 3. The number of hydrogen-bond donors (Lipinski definition) is 0. The van der Waals surface area contributed by atoms with E-state index in [9.17, 15) is 14.4 Å². The van der Waals surface area contributed by atoms with Gasteiger partial charge in [0.25, 0.3) is 0 Å². The highest BCUT2D eigenvalue weighted by atomic mass is 16.5. The number of rotatable bonds is 5. The molecule has 1 saturated heterocycles. The van der Waals surface area contributed by atoms with Crippen molar-refractivity contribution in [1.29, 1.82) is 0 Å².